The summed E-state index contributed by atoms with van der Waals surface area (Å²) in [6.45, 7) is 1.24. The molecule has 4 unspecified atom stereocenters. The Balaban J connectivity index is 3.05. The molecule has 0 aromatic heterocycles. The van der Waals surface area contributed by atoms with E-state index in [-0.39, 0.29) is 6.42 Å². The van der Waals surface area contributed by atoms with Gasteiger partial charge in [0.15, 0.2) is 0 Å². The largest absolute Gasteiger partial charge is 0.481 e. The van der Waals surface area contributed by atoms with Crippen LogP contribution >= 0.6 is 0 Å². The minimum Gasteiger partial charge on any atom is -0.481 e. The Morgan fingerprint density at radius 1 is 0.848 bits per heavy atom. The van der Waals surface area contributed by atoms with Gasteiger partial charge < -0.3 is 37.6 Å². The van der Waals surface area contributed by atoms with E-state index in [1.54, 1.807) is 30.3 Å². The van der Waals surface area contributed by atoms with Crippen molar-refractivity contribution in [2.75, 3.05) is 0 Å². The third-order valence-electron chi connectivity index (χ3n) is 4.41. The van der Waals surface area contributed by atoms with Crippen LogP contribution in [0.5, 0.6) is 0 Å². The van der Waals surface area contributed by atoms with Crippen molar-refractivity contribution >= 4 is 35.6 Å². The lowest BCUT2D eigenvalue weighted by molar-refractivity contribution is -0.142. The monoisotopic (exact) mass is 465 g/mol. The number of nitrogens with two attached hydrogens (primary N) is 2. The van der Waals surface area contributed by atoms with Crippen LogP contribution in [-0.4, -0.2) is 69.9 Å². The van der Waals surface area contributed by atoms with Crippen LogP contribution in [0.2, 0.25) is 0 Å². The van der Waals surface area contributed by atoms with Gasteiger partial charge in [0, 0.05) is 6.42 Å². The fraction of sp³-hybridized carbons (Fsp3) is 0.400. The number of hydrogen-bond acceptors (Lipinski definition) is 7. The zero-order chi connectivity index (χ0) is 25.1. The minimum atomic E-state index is -1.54. The van der Waals surface area contributed by atoms with Crippen molar-refractivity contribution < 1.29 is 39.0 Å². The van der Waals surface area contributed by atoms with Crippen LogP contribution in [0.15, 0.2) is 30.3 Å². The smallest absolute Gasteiger partial charge is 0.325 e. The molecule has 0 heterocycles. The minimum absolute atomic E-state index is 0.0273. The molecular weight excluding hydrogens is 438 g/mol. The summed E-state index contributed by atoms with van der Waals surface area (Å²) in [5, 5.41) is 24.6. The maximum absolute atomic E-state index is 12.8. The molecule has 4 amide bonds. The molecule has 0 aliphatic heterocycles. The number of nitrogens with one attached hydrogen (secondary N) is 3. The number of amides is 4. The number of benzene rings is 1. The average molecular weight is 465 g/mol. The Hall–Kier alpha value is -4.00. The molecule has 0 saturated carbocycles. The van der Waals surface area contributed by atoms with Gasteiger partial charge in [0.05, 0.1) is 18.9 Å². The normalized spacial score (nSPS) is 14.1. The van der Waals surface area contributed by atoms with Crippen molar-refractivity contribution in [2.24, 2.45) is 11.5 Å². The molecule has 0 fully saturated rings. The molecule has 9 N–H and O–H groups in total. The summed E-state index contributed by atoms with van der Waals surface area (Å²) < 4.78 is 0. The average Bonchev–Trinajstić information content (AvgIpc) is 2.72. The molecule has 33 heavy (non-hydrogen) atoms. The summed E-state index contributed by atoms with van der Waals surface area (Å²) >= 11 is 0. The lowest BCUT2D eigenvalue weighted by atomic mass is 10.0. The van der Waals surface area contributed by atoms with Crippen molar-refractivity contribution in [3.05, 3.63) is 35.9 Å². The first kappa shape index (κ1) is 27.0. The van der Waals surface area contributed by atoms with Crippen LogP contribution in [0.4, 0.5) is 0 Å². The molecule has 0 radical (unpaired) electrons. The Morgan fingerprint density at radius 2 is 1.39 bits per heavy atom. The highest BCUT2D eigenvalue weighted by atomic mass is 16.4. The molecule has 1 aromatic rings. The summed E-state index contributed by atoms with van der Waals surface area (Å²) in [5.41, 5.74) is 11.2. The standard InChI is InChI=1S/C20H27N5O8/c1-10(20(32)33)23-18(30)13(7-11-5-3-2-4-6-11)25-19(31)14(9-15(22)26)24-17(29)12(21)8-16(27)28/h2-6,10,12-14H,7-9,21H2,1H3,(H2,22,26)(H,23,30)(H,24,29)(H,25,31)(H,27,28)(H,32,33). The van der Waals surface area contributed by atoms with Gasteiger partial charge in [-0.2, -0.15) is 0 Å². The summed E-state index contributed by atoms with van der Waals surface area (Å²) in [6.07, 6.45) is -1.40. The topological polar surface area (TPSA) is 231 Å². The van der Waals surface area contributed by atoms with E-state index >= 15 is 0 Å². The number of hydrogen-bond donors (Lipinski definition) is 7. The molecule has 0 spiro atoms. The Labute approximate surface area is 188 Å². The third kappa shape index (κ3) is 9.78. The van der Waals surface area contributed by atoms with Crippen molar-refractivity contribution in [3.8, 4) is 0 Å². The number of primary amides is 1. The van der Waals surface area contributed by atoms with Gasteiger partial charge in [0.25, 0.3) is 0 Å². The van der Waals surface area contributed by atoms with Crippen molar-refractivity contribution in [1.82, 2.24) is 16.0 Å². The van der Waals surface area contributed by atoms with E-state index in [1.807, 2.05) is 0 Å². The molecule has 13 nitrogen and oxygen atoms in total. The van der Waals surface area contributed by atoms with Crippen LogP contribution in [-0.2, 0) is 35.2 Å². The van der Waals surface area contributed by atoms with E-state index in [0.717, 1.165) is 0 Å². The van der Waals surface area contributed by atoms with Crippen LogP contribution in [0.3, 0.4) is 0 Å². The highest BCUT2D eigenvalue weighted by Crippen LogP contribution is 2.06. The first-order valence-corrected chi connectivity index (χ1v) is 9.84. The number of aliphatic carboxylic acids is 2. The van der Waals surface area contributed by atoms with Gasteiger partial charge in [-0.25, -0.2) is 0 Å². The predicted molar refractivity (Wildman–Crippen MR) is 113 cm³/mol. The van der Waals surface area contributed by atoms with Crippen LogP contribution in [0.25, 0.3) is 0 Å². The zero-order valence-electron chi connectivity index (χ0n) is 17.8. The zero-order valence-corrected chi connectivity index (χ0v) is 17.8. The molecule has 0 saturated heterocycles. The van der Waals surface area contributed by atoms with E-state index in [0.29, 0.717) is 5.56 Å². The van der Waals surface area contributed by atoms with Gasteiger partial charge in [0.2, 0.25) is 23.6 Å². The molecule has 180 valence electrons. The Morgan fingerprint density at radius 3 is 1.91 bits per heavy atom. The van der Waals surface area contributed by atoms with E-state index in [9.17, 15) is 28.8 Å². The summed E-state index contributed by atoms with van der Waals surface area (Å²) in [4.78, 5) is 70.8. The van der Waals surface area contributed by atoms with E-state index in [4.69, 9.17) is 21.7 Å². The van der Waals surface area contributed by atoms with Gasteiger partial charge in [-0.05, 0) is 12.5 Å². The summed E-state index contributed by atoms with van der Waals surface area (Å²) in [5.74, 6) is -6.38. The van der Waals surface area contributed by atoms with Gasteiger partial charge in [-0.15, -0.1) is 0 Å². The Kier molecular flexibility index (Phi) is 10.5. The highest BCUT2D eigenvalue weighted by molar-refractivity contribution is 5.96. The van der Waals surface area contributed by atoms with Crippen LogP contribution in [0, 0.1) is 0 Å². The van der Waals surface area contributed by atoms with Gasteiger partial charge in [-0.3, -0.25) is 28.8 Å². The summed E-state index contributed by atoms with van der Waals surface area (Å²) in [7, 11) is 0. The van der Waals surface area contributed by atoms with Crippen molar-refractivity contribution in [2.45, 2.75) is 50.4 Å². The van der Waals surface area contributed by atoms with E-state index < -0.39 is 72.6 Å². The molecule has 4 atom stereocenters. The number of carboxylic acids is 2. The van der Waals surface area contributed by atoms with Gasteiger partial charge in [-0.1, -0.05) is 30.3 Å². The van der Waals surface area contributed by atoms with Gasteiger partial charge >= 0.3 is 11.9 Å². The molecule has 0 bridgehead atoms. The molecule has 0 aliphatic carbocycles. The molecule has 13 heteroatoms. The van der Waals surface area contributed by atoms with Crippen LogP contribution in [0.1, 0.15) is 25.3 Å². The lowest BCUT2D eigenvalue weighted by Gasteiger charge is -2.24. The van der Waals surface area contributed by atoms with Crippen molar-refractivity contribution in [1.29, 1.82) is 0 Å². The second-order valence-electron chi connectivity index (χ2n) is 7.26. The van der Waals surface area contributed by atoms with Crippen molar-refractivity contribution in [3.63, 3.8) is 0 Å². The fourth-order valence-electron chi connectivity index (χ4n) is 2.68. The highest BCUT2D eigenvalue weighted by Gasteiger charge is 2.30. The predicted octanol–water partition coefficient (Wildman–Crippen LogP) is -2.53. The second kappa shape index (κ2) is 12.8. The van der Waals surface area contributed by atoms with E-state index in [1.165, 1.54) is 6.92 Å². The maximum atomic E-state index is 12.8. The number of carboxylic acid groups (broad SMARTS) is 2. The van der Waals surface area contributed by atoms with Crippen LogP contribution < -0.4 is 27.4 Å². The van der Waals surface area contributed by atoms with E-state index in [2.05, 4.69) is 16.0 Å². The first-order chi connectivity index (χ1) is 15.4. The molecule has 1 rings (SSSR count). The molecule has 1 aromatic carbocycles. The quantitative estimate of drug-likeness (QED) is 0.162. The fourth-order valence-corrected chi connectivity index (χ4v) is 2.68. The SMILES string of the molecule is CC(NC(=O)C(Cc1ccccc1)NC(=O)C(CC(N)=O)NC(=O)C(N)CC(=O)O)C(=O)O. The number of rotatable bonds is 13. The number of carbonyl (C=O) groups is 6. The number of carbonyl (C=O) groups excluding carboxylic acids is 4. The maximum Gasteiger partial charge on any atom is 0.325 e. The lowest BCUT2D eigenvalue weighted by Crippen LogP contribution is -2.58. The molecular formula is C20H27N5O8. The summed E-state index contributed by atoms with van der Waals surface area (Å²) in [6, 6.07) is 2.95. The molecule has 0 aliphatic rings. The van der Waals surface area contributed by atoms with Gasteiger partial charge in [0.1, 0.15) is 18.1 Å². The Bertz CT molecular complexity index is 892. The third-order valence-corrected chi connectivity index (χ3v) is 4.41. The first-order valence-electron chi connectivity index (χ1n) is 9.84. The second-order valence-corrected chi connectivity index (χ2v) is 7.26.